The molecule has 0 aromatic heterocycles. The van der Waals surface area contributed by atoms with Crippen molar-refractivity contribution in [1.29, 1.82) is 0 Å². The summed E-state index contributed by atoms with van der Waals surface area (Å²) in [5.41, 5.74) is 0. The van der Waals surface area contributed by atoms with Crippen molar-refractivity contribution in [3.8, 4) is 0 Å². The Labute approximate surface area is 76.5 Å². The quantitative estimate of drug-likeness (QED) is 0.380. The lowest BCUT2D eigenvalue weighted by atomic mass is 10.3. The van der Waals surface area contributed by atoms with Gasteiger partial charge in [-0.1, -0.05) is 0 Å². The standard InChI is InChI=1S/C7H18NOPS/c1-6(2)8(7(3)4)11-5-9-10/h6-7H,5,10H2,1-4H3. The average molecular weight is 195 g/mol. The maximum atomic E-state index is 4.91. The van der Waals surface area contributed by atoms with Crippen LogP contribution in [0.5, 0.6) is 0 Å². The second kappa shape index (κ2) is 6.24. The Hall–Kier alpha value is 0.700. The lowest BCUT2D eigenvalue weighted by molar-refractivity contribution is 0.327. The summed E-state index contributed by atoms with van der Waals surface area (Å²) in [7, 11) is 2.26. The summed E-state index contributed by atoms with van der Waals surface area (Å²) in [6.45, 7) is 8.76. The van der Waals surface area contributed by atoms with E-state index in [2.05, 4.69) is 41.5 Å². The van der Waals surface area contributed by atoms with Gasteiger partial charge in [-0.05, 0) is 39.6 Å². The van der Waals surface area contributed by atoms with E-state index in [-0.39, 0.29) is 0 Å². The highest BCUT2D eigenvalue weighted by Gasteiger charge is 2.12. The van der Waals surface area contributed by atoms with Gasteiger partial charge in [0.05, 0.1) is 0 Å². The van der Waals surface area contributed by atoms with Crippen LogP contribution >= 0.6 is 21.4 Å². The van der Waals surface area contributed by atoms with Gasteiger partial charge in [0.1, 0.15) is 5.94 Å². The molecule has 0 bridgehead atoms. The number of nitrogens with zero attached hydrogens (tertiary/aromatic N) is 1. The molecule has 0 amide bonds. The maximum absolute atomic E-state index is 4.91. The van der Waals surface area contributed by atoms with Gasteiger partial charge in [-0.15, -0.1) is 0 Å². The Bertz CT molecular complexity index is 92.4. The Morgan fingerprint density at radius 3 is 2.00 bits per heavy atom. The molecule has 4 heteroatoms. The SMILES string of the molecule is CC(C)N(SCOP)C(C)C. The number of hydrogen-bond donors (Lipinski definition) is 0. The number of hydrogen-bond acceptors (Lipinski definition) is 3. The van der Waals surface area contributed by atoms with Crippen molar-refractivity contribution in [3.05, 3.63) is 0 Å². The van der Waals surface area contributed by atoms with Crippen molar-refractivity contribution in [2.75, 3.05) is 5.94 Å². The number of rotatable bonds is 5. The van der Waals surface area contributed by atoms with E-state index in [9.17, 15) is 0 Å². The lowest BCUT2D eigenvalue weighted by Crippen LogP contribution is -2.30. The Kier molecular flexibility index (Phi) is 6.64. The molecule has 0 aliphatic carbocycles. The van der Waals surface area contributed by atoms with Crippen LogP contribution in [0.25, 0.3) is 0 Å². The molecule has 0 heterocycles. The lowest BCUT2D eigenvalue weighted by Gasteiger charge is -2.28. The van der Waals surface area contributed by atoms with E-state index < -0.39 is 0 Å². The molecular formula is C7H18NOPS. The smallest absolute Gasteiger partial charge is 0.110 e. The highest BCUT2D eigenvalue weighted by molar-refractivity contribution is 7.96. The van der Waals surface area contributed by atoms with E-state index in [1.165, 1.54) is 0 Å². The van der Waals surface area contributed by atoms with Gasteiger partial charge in [-0.3, -0.25) is 0 Å². The van der Waals surface area contributed by atoms with E-state index in [0.717, 1.165) is 0 Å². The van der Waals surface area contributed by atoms with Gasteiger partial charge in [0, 0.05) is 21.6 Å². The maximum Gasteiger partial charge on any atom is 0.110 e. The third-order valence-electron chi connectivity index (χ3n) is 1.29. The minimum Gasteiger partial charge on any atom is -0.354 e. The minimum atomic E-state index is 0.570. The zero-order valence-corrected chi connectivity index (χ0v) is 9.67. The normalized spacial score (nSPS) is 12.0. The molecule has 0 fully saturated rings. The van der Waals surface area contributed by atoms with Gasteiger partial charge in [-0.25, -0.2) is 4.31 Å². The van der Waals surface area contributed by atoms with E-state index in [1.54, 1.807) is 11.9 Å². The molecule has 2 nitrogen and oxygen atoms in total. The van der Waals surface area contributed by atoms with Gasteiger partial charge >= 0.3 is 0 Å². The molecule has 11 heavy (non-hydrogen) atoms. The van der Waals surface area contributed by atoms with Crippen LogP contribution < -0.4 is 0 Å². The fourth-order valence-corrected chi connectivity index (χ4v) is 1.95. The van der Waals surface area contributed by atoms with Gasteiger partial charge < -0.3 is 4.52 Å². The van der Waals surface area contributed by atoms with Crippen LogP contribution in [0.3, 0.4) is 0 Å². The summed E-state index contributed by atoms with van der Waals surface area (Å²) in [5, 5.41) is 0. The molecule has 0 saturated carbocycles. The average Bonchev–Trinajstić information content (AvgIpc) is 1.87. The minimum absolute atomic E-state index is 0.570. The van der Waals surface area contributed by atoms with Crippen LogP contribution in [0, 0.1) is 0 Å². The summed E-state index contributed by atoms with van der Waals surface area (Å²) in [6.07, 6.45) is 0. The van der Waals surface area contributed by atoms with Gasteiger partial charge in [0.25, 0.3) is 0 Å². The van der Waals surface area contributed by atoms with Gasteiger partial charge in [0.15, 0.2) is 0 Å². The van der Waals surface area contributed by atoms with Crippen molar-refractivity contribution < 1.29 is 4.52 Å². The predicted octanol–water partition coefficient (Wildman–Crippen LogP) is 2.52. The second-order valence-electron chi connectivity index (χ2n) is 2.96. The zero-order chi connectivity index (χ0) is 8.85. The predicted molar refractivity (Wildman–Crippen MR) is 55.4 cm³/mol. The molecule has 68 valence electrons. The molecule has 0 aromatic carbocycles. The van der Waals surface area contributed by atoms with E-state index in [4.69, 9.17) is 4.52 Å². The van der Waals surface area contributed by atoms with Crippen LogP contribution in [-0.4, -0.2) is 22.3 Å². The van der Waals surface area contributed by atoms with Crippen molar-refractivity contribution in [2.24, 2.45) is 0 Å². The molecule has 0 aliphatic rings. The molecule has 0 N–H and O–H groups in total. The second-order valence-corrected chi connectivity index (χ2v) is 4.21. The van der Waals surface area contributed by atoms with Crippen molar-refractivity contribution in [1.82, 2.24) is 4.31 Å². The fraction of sp³-hybridized carbons (Fsp3) is 1.00. The highest BCUT2D eigenvalue weighted by Crippen LogP contribution is 2.18. The first-order valence-corrected chi connectivity index (χ1v) is 5.24. The van der Waals surface area contributed by atoms with Crippen LogP contribution in [-0.2, 0) is 4.52 Å². The summed E-state index contributed by atoms with van der Waals surface area (Å²) >= 11 is 1.73. The molecule has 0 radical (unpaired) electrons. The van der Waals surface area contributed by atoms with Crippen LogP contribution in [0.15, 0.2) is 0 Å². The monoisotopic (exact) mass is 195 g/mol. The van der Waals surface area contributed by atoms with Gasteiger partial charge in [-0.2, -0.15) is 0 Å². The molecule has 0 spiro atoms. The van der Waals surface area contributed by atoms with Crippen LogP contribution in [0.2, 0.25) is 0 Å². The van der Waals surface area contributed by atoms with E-state index in [0.29, 0.717) is 18.0 Å². The van der Waals surface area contributed by atoms with E-state index >= 15 is 0 Å². The highest BCUT2D eigenvalue weighted by atomic mass is 32.2. The molecule has 0 aromatic rings. The van der Waals surface area contributed by atoms with Crippen molar-refractivity contribution in [2.45, 2.75) is 39.8 Å². The largest absolute Gasteiger partial charge is 0.354 e. The van der Waals surface area contributed by atoms with Crippen molar-refractivity contribution >= 4 is 21.4 Å². The third kappa shape index (κ3) is 5.02. The molecular weight excluding hydrogens is 177 g/mol. The van der Waals surface area contributed by atoms with Crippen LogP contribution in [0.4, 0.5) is 0 Å². The molecule has 1 unspecified atom stereocenters. The molecule has 1 atom stereocenters. The first kappa shape index (κ1) is 11.7. The zero-order valence-electron chi connectivity index (χ0n) is 7.70. The summed E-state index contributed by atoms with van der Waals surface area (Å²) in [4.78, 5) is 0. The molecule has 0 rings (SSSR count). The van der Waals surface area contributed by atoms with Crippen molar-refractivity contribution in [3.63, 3.8) is 0 Å². The molecule has 0 aliphatic heterocycles. The Morgan fingerprint density at radius 2 is 1.73 bits per heavy atom. The summed E-state index contributed by atoms with van der Waals surface area (Å²) < 4.78 is 7.23. The van der Waals surface area contributed by atoms with E-state index in [1.807, 2.05) is 0 Å². The van der Waals surface area contributed by atoms with Crippen LogP contribution in [0.1, 0.15) is 27.7 Å². The first-order valence-electron chi connectivity index (χ1n) is 3.82. The fourth-order valence-electron chi connectivity index (χ4n) is 0.986. The van der Waals surface area contributed by atoms with Gasteiger partial charge in [0.2, 0.25) is 0 Å². The first-order chi connectivity index (χ1) is 5.09. The molecule has 0 saturated heterocycles. The third-order valence-corrected chi connectivity index (χ3v) is 3.08. The Morgan fingerprint density at radius 1 is 1.27 bits per heavy atom. The summed E-state index contributed by atoms with van der Waals surface area (Å²) in [5.74, 6) is 0.709. The summed E-state index contributed by atoms with van der Waals surface area (Å²) in [6, 6.07) is 1.14. The topological polar surface area (TPSA) is 12.5 Å². The Balaban J connectivity index is 3.70.